The third kappa shape index (κ3) is 6.84. The third-order valence-corrected chi connectivity index (χ3v) is 10.2. The fourth-order valence-corrected chi connectivity index (χ4v) is 8.19. The first-order chi connectivity index (χ1) is 18.8. The zero-order valence-corrected chi connectivity index (χ0v) is 25.2. The molecule has 2 aromatic carbocycles. The lowest BCUT2D eigenvalue weighted by molar-refractivity contribution is 0.160. The molecule has 0 amide bonds. The van der Waals surface area contributed by atoms with Crippen LogP contribution in [0.1, 0.15) is 101 Å². The van der Waals surface area contributed by atoms with Crippen molar-refractivity contribution in [1.82, 2.24) is 5.32 Å². The first-order valence-corrected chi connectivity index (χ1v) is 15.5. The van der Waals surface area contributed by atoms with Gasteiger partial charge in [-0.15, -0.1) is 6.58 Å². The second-order valence-electron chi connectivity index (χ2n) is 12.3. The first-order valence-electron chi connectivity index (χ1n) is 14.7. The maximum absolute atomic E-state index is 16.0. The Hall–Kier alpha value is -1.59. The van der Waals surface area contributed by atoms with Gasteiger partial charge in [0.25, 0.3) is 0 Å². The summed E-state index contributed by atoms with van der Waals surface area (Å²) in [6, 6.07) is 11.6. The van der Waals surface area contributed by atoms with E-state index in [1.807, 2.05) is 37.4 Å². The molecule has 0 radical (unpaired) electrons. The Labute approximate surface area is 245 Å². The van der Waals surface area contributed by atoms with E-state index >= 15 is 4.39 Å². The van der Waals surface area contributed by atoms with Gasteiger partial charge < -0.3 is 11.1 Å². The minimum absolute atomic E-state index is 0.00550. The Balaban J connectivity index is 1.87. The molecule has 0 bridgehead atoms. The van der Waals surface area contributed by atoms with Crippen molar-refractivity contribution in [2.75, 3.05) is 19.0 Å². The minimum Gasteiger partial charge on any atom is -0.388 e. The summed E-state index contributed by atoms with van der Waals surface area (Å²) in [4.78, 5) is 0. The highest BCUT2D eigenvalue weighted by Gasteiger charge is 2.47. The molecule has 2 aromatic rings. The Morgan fingerprint density at radius 3 is 2.59 bits per heavy atom. The van der Waals surface area contributed by atoms with E-state index in [0.29, 0.717) is 28.6 Å². The number of hydrogen-bond donors (Lipinski definition) is 3. The van der Waals surface area contributed by atoms with Crippen molar-refractivity contribution in [2.45, 2.75) is 94.9 Å². The summed E-state index contributed by atoms with van der Waals surface area (Å²) in [5, 5.41) is 8.04. The molecule has 4 atom stereocenters. The van der Waals surface area contributed by atoms with Gasteiger partial charge in [-0.3, -0.25) is 5.32 Å². The molecule has 2 saturated carbocycles. The summed E-state index contributed by atoms with van der Waals surface area (Å²) in [6.07, 6.45) is 14.1. The van der Waals surface area contributed by atoms with E-state index in [-0.39, 0.29) is 28.2 Å². The van der Waals surface area contributed by atoms with Gasteiger partial charge in [0.15, 0.2) is 0 Å². The van der Waals surface area contributed by atoms with E-state index in [4.69, 9.17) is 28.9 Å². The molecule has 39 heavy (non-hydrogen) atoms. The van der Waals surface area contributed by atoms with Gasteiger partial charge >= 0.3 is 0 Å². The zero-order chi connectivity index (χ0) is 28.0. The summed E-state index contributed by atoms with van der Waals surface area (Å²) in [6.45, 7) is 6.75. The Kier molecular flexibility index (Phi) is 10.4. The number of rotatable bonds is 12. The van der Waals surface area contributed by atoms with Crippen LogP contribution in [0.3, 0.4) is 0 Å². The maximum atomic E-state index is 16.0. The van der Waals surface area contributed by atoms with Crippen LogP contribution in [0.4, 0.5) is 10.1 Å². The van der Waals surface area contributed by atoms with Crippen molar-refractivity contribution >= 4 is 28.9 Å². The van der Waals surface area contributed by atoms with Gasteiger partial charge in [0.2, 0.25) is 0 Å². The third-order valence-electron chi connectivity index (χ3n) is 9.68. The molecule has 4 rings (SSSR count). The van der Waals surface area contributed by atoms with E-state index in [1.165, 1.54) is 18.4 Å². The second-order valence-corrected chi connectivity index (χ2v) is 13.1. The maximum Gasteiger partial charge on any atom is 0.145 e. The minimum atomic E-state index is -0.291. The largest absolute Gasteiger partial charge is 0.388 e. The zero-order valence-electron chi connectivity index (χ0n) is 23.7. The van der Waals surface area contributed by atoms with Crippen molar-refractivity contribution in [3.8, 4) is 0 Å². The van der Waals surface area contributed by atoms with Gasteiger partial charge in [-0.2, -0.15) is 0 Å². The lowest BCUT2D eigenvalue weighted by Crippen LogP contribution is -2.55. The second kappa shape index (κ2) is 13.4. The van der Waals surface area contributed by atoms with Crippen LogP contribution in [0.25, 0.3) is 0 Å². The molecular weight excluding hydrogens is 528 g/mol. The molecule has 6 heteroatoms. The molecule has 0 spiro atoms. The number of halogens is 3. The lowest BCUT2D eigenvalue weighted by Gasteiger charge is -2.49. The van der Waals surface area contributed by atoms with E-state index in [1.54, 1.807) is 6.07 Å². The van der Waals surface area contributed by atoms with Gasteiger partial charge in [0.1, 0.15) is 5.82 Å². The monoisotopic (exact) mass is 573 g/mol. The smallest absolute Gasteiger partial charge is 0.145 e. The molecule has 3 nitrogen and oxygen atoms in total. The number of hydrogen-bond acceptors (Lipinski definition) is 3. The summed E-state index contributed by atoms with van der Waals surface area (Å²) in [7, 11) is 1.94. The average molecular weight is 575 g/mol. The van der Waals surface area contributed by atoms with Crippen LogP contribution in [0.2, 0.25) is 10.0 Å². The van der Waals surface area contributed by atoms with Gasteiger partial charge in [0, 0.05) is 35.9 Å². The number of allylic oxidation sites excluding steroid dienone is 1. The Bertz CT molecular complexity index is 1110. The molecule has 2 aliphatic rings. The summed E-state index contributed by atoms with van der Waals surface area (Å²) < 4.78 is 16.0. The topological polar surface area (TPSA) is 50.1 Å². The first kappa shape index (κ1) is 30.4. The van der Waals surface area contributed by atoms with Crippen LogP contribution in [0.15, 0.2) is 49.1 Å². The van der Waals surface area contributed by atoms with Crippen LogP contribution in [-0.4, -0.2) is 19.3 Å². The fraction of sp³-hybridized carbons (Fsp3) is 0.576. The molecule has 0 aliphatic heterocycles. The van der Waals surface area contributed by atoms with Crippen LogP contribution in [-0.2, 0) is 0 Å². The summed E-state index contributed by atoms with van der Waals surface area (Å²) >= 11 is 12.9. The summed E-state index contributed by atoms with van der Waals surface area (Å²) in [5.41, 5.74) is 9.17. The van der Waals surface area contributed by atoms with E-state index in [2.05, 4.69) is 30.2 Å². The van der Waals surface area contributed by atoms with Crippen LogP contribution < -0.4 is 16.4 Å². The molecule has 0 heterocycles. The van der Waals surface area contributed by atoms with E-state index in [9.17, 15) is 0 Å². The van der Waals surface area contributed by atoms with E-state index < -0.39 is 0 Å². The molecule has 2 fully saturated rings. The van der Waals surface area contributed by atoms with Crippen molar-refractivity contribution in [3.05, 3.63) is 76.0 Å². The van der Waals surface area contributed by atoms with Crippen molar-refractivity contribution < 1.29 is 4.39 Å². The van der Waals surface area contributed by atoms with Crippen molar-refractivity contribution in [1.29, 1.82) is 0 Å². The Morgan fingerprint density at radius 2 is 1.90 bits per heavy atom. The normalized spacial score (nSPS) is 24.3. The molecule has 214 valence electrons. The SMILES string of the molecule is C=CCCC1(C)CCC(C[C@H](c2cccc(Cl)c2F)C(c2ccc(Cl)cc2NC)C2(NCN)CCCCC2)C1. The average Bonchev–Trinajstić information content (AvgIpc) is 3.30. The molecule has 0 aromatic heterocycles. The highest BCUT2D eigenvalue weighted by molar-refractivity contribution is 6.31. The molecule has 2 aliphatic carbocycles. The van der Waals surface area contributed by atoms with Crippen LogP contribution >= 0.6 is 23.2 Å². The van der Waals surface area contributed by atoms with Gasteiger partial charge in [0.05, 0.1) is 5.02 Å². The lowest BCUT2D eigenvalue weighted by atomic mass is 9.61. The summed E-state index contributed by atoms with van der Waals surface area (Å²) in [5.74, 6) is 0.143. The predicted octanol–water partition coefficient (Wildman–Crippen LogP) is 9.41. The Morgan fingerprint density at radius 1 is 1.13 bits per heavy atom. The molecular formula is C33H46Cl2FN3. The van der Waals surface area contributed by atoms with Gasteiger partial charge in [-0.1, -0.05) is 73.7 Å². The highest BCUT2D eigenvalue weighted by atomic mass is 35.5. The quantitative estimate of drug-likeness (QED) is 0.175. The fourth-order valence-electron chi connectivity index (χ4n) is 7.84. The molecule has 0 saturated heterocycles. The molecule has 3 unspecified atom stereocenters. The molecule has 4 N–H and O–H groups in total. The van der Waals surface area contributed by atoms with Crippen LogP contribution in [0.5, 0.6) is 0 Å². The standard InChI is InChI=1S/C33H46Cl2FN3/c1-4-5-15-32(2)18-14-23(21-32)19-27(25-10-9-11-28(35)31(25)36)30(26-13-12-24(34)20-29(26)38-3)33(39-22-37)16-7-6-8-17-33/h4,9-13,20,23,27,30,38-39H,1,5-8,14-19,21-22,37H2,2-3H3/t23?,27-,30?,32?/m1/s1. The number of benzene rings is 2. The van der Waals surface area contributed by atoms with Crippen LogP contribution in [0, 0.1) is 17.2 Å². The van der Waals surface area contributed by atoms with Crippen molar-refractivity contribution in [2.24, 2.45) is 17.1 Å². The predicted molar refractivity (Wildman–Crippen MR) is 165 cm³/mol. The van der Waals surface area contributed by atoms with E-state index in [0.717, 1.165) is 63.5 Å². The van der Waals surface area contributed by atoms with Crippen molar-refractivity contribution in [3.63, 3.8) is 0 Å². The van der Waals surface area contributed by atoms with Gasteiger partial charge in [-0.05, 0) is 97.9 Å². The number of anilines is 1. The number of nitrogens with two attached hydrogens (primary N) is 1. The number of nitrogens with one attached hydrogen (secondary N) is 2. The van der Waals surface area contributed by atoms with Gasteiger partial charge in [-0.25, -0.2) is 4.39 Å². The highest BCUT2D eigenvalue weighted by Crippen LogP contribution is 2.55.